The van der Waals surface area contributed by atoms with Crippen LogP contribution in [-0.4, -0.2) is 68.0 Å². The fraction of sp³-hybridized carbons (Fsp3) is 0.517. The molecule has 1 spiro atoms. The fourth-order valence-electron chi connectivity index (χ4n) is 6.36. The number of nitrogens with zero attached hydrogens (tertiary/aromatic N) is 3. The van der Waals surface area contributed by atoms with Crippen LogP contribution in [0.4, 0.5) is 14.9 Å². The molecule has 3 fully saturated rings. The molecule has 2 aromatic rings. The number of halogens is 1. The second-order valence-corrected chi connectivity index (χ2v) is 14.2. The lowest BCUT2D eigenvalue weighted by atomic mass is 9.60. The van der Waals surface area contributed by atoms with E-state index in [4.69, 9.17) is 9.47 Å². The van der Waals surface area contributed by atoms with E-state index in [9.17, 15) is 18.0 Å². The first-order chi connectivity index (χ1) is 19.3. The molecule has 10 nitrogen and oxygen atoms in total. The molecule has 0 radical (unpaired) electrons. The van der Waals surface area contributed by atoms with E-state index in [1.807, 2.05) is 55.8 Å². The molecule has 0 aromatic heterocycles. The van der Waals surface area contributed by atoms with Crippen LogP contribution in [0.15, 0.2) is 36.4 Å². The van der Waals surface area contributed by atoms with Crippen LogP contribution in [0.5, 0.6) is 5.75 Å². The molecule has 2 amide bonds. The Hall–Kier alpha value is -3.38. The summed E-state index contributed by atoms with van der Waals surface area (Å²) in [6.45, 7) is 7.57. The maximum atomic E-state index is 16.3. The van der Waals surface area contributed by atoms with Crippen molar-refractivity contribution in [1.82, 2.24) is 14.5 Å². The van der Waals surface area contributed by atoms with Gasteiger partial charge < -0.3 is 14.4 Å². The van der Waals surface area contributed by atoms with E-state index in [2.05, 4.69) is 4.90 Å². The summed E-state index contributed by atoms with van der Waals surface area (Å²) in [4.78, 5) is 28.3. The highest BCUT2D eigenvalue weighted by Gasteiger charge is 2.56. The third kappa shape index (κ3) is 5.34. The fourth-order valence-corrected chi connectivity index (χ4v) is 7.52. The van der Waals surface area contributed by atoms with Gasteiger partial charge in [-0.05, 0) is 57.2 Å². The predicted molar refractivity (Wildman–Crippen MR) is 149 cm³/mol. The summed E-state index contributed by atoms with van der Waals surface area (Å²) < 4.78 is 55.9. The molecule has 1 N–H and O–H groups in total. The molecule has 0 unspecified atom stereocenters. The van der Waals surface area contributed by atoms with Crippen LogP contribution >= 0.6 is 0 Å². The molecule has 3 heterocycles. The third-order valence-corrected chi connectivity index (χ3v) is 9.67. The van der Waals surface area contributed by atoms with Crippen molar-refractivity contribution in [2.24, 2.45) is 5.41 Å². The second-order valence-electron chi connectivity index (χ2n) is 12.6. The lowest BCUT2D eigenvalue weighted by Crippen LogP contribution is -2.68. The summed E-state index contributed by atoms with van der Waals surface area (Å²) in [7, 11) is -4.24. The first-order valence-corrected chi connectivity index (χ1v) is 15.3. The average molecular weight is 587 g/mol. The highest BCUT2D eigenvalue weighted by molar-refractivity contribution is 7.92. The van der Waals surface area contributed by atoms with Gasteiger partial charge in [0, 0.05) is 43.2 Å². The molecule has 3 aliphatic heterocycles. The Kier molecular flexibility index (Phi) is 6.68. The summed E-state index contributed by atoms with van der Waals surface area (Å²) in [6, 6.07) is 11.3. The normalized spacial score (nSPS) is 21.6. The molecule has 6 rings (SSSR count). The average Bonchev–Trinajstić information content (AvgIpc) is 3.12. The van der Waals surface area contributed by atoms with E-state index in [0.29, 0.717) is 31.6 Å². The van der Waals surface area contributed by atoms with Crippen LogP contribution in [0.3, 0.4) is 0 Å². The molecular weight excluding hydrogens is 551 g/mol. The number of rotatable bonds is 5. The number of nitrogens with one attached hydrogen (secondary N) is 1. The van der Waals surface area contributed by atoms with E-state index in [-0.39, 0.29) is 35.6 Å². The van der Waals surface area contributed by atoms with Crippen LogP contribution in [0.1, 0.15) is 50.3 Å². The van der Waals surface area contributed by atoms with Crippen molar-refractivity contribution in [2.75, 3.05) is 30.5 Å². The van der Waals surface area contributed by atoms with Gasteiger partial charge in [-0.1, -0.05) is 30.3 Å². The van der Waals surface area contributed by atoms with Gasteiger partial charge in [0.25, 0.3) is 5.91 Å². The van der Waals surface area contributed by atoms with Crippen molar-refractivity contribution in [3.8, 4) is 5.75 Å². The first kappa shape index (κ1) is 27.8. The van der Waals surface area contributed by atoms with E-state index >= 15 is 4.39 Å². The molecule has 1 saturated carbocycles. The van der Waals surface area contributed by atoms with Gasteiger partial charge in [-0.15, -0.1) is 0 Å². The number of carbonyl (C=O) groups is 2. The van der Waals surface area contributed by atoms with Gasteiger partial charge >= 0.3 is 16.3 Å². The van der Waals surface area contributed by atoms with E-state index in [1.54, 1.807) is 11.0 Å². The first-order valence-electron chi connectivity index (χ1n) is 13.9. The minimum absolute atomic E-state index is 0.0797. The molecule has 12 heteroatoms. The van der Waals surface area contributed by atoms with Crippen molar-refractivity contribution in [2.45, 2.75) is 64.8 Å². The van der Waals surface area contributed by atoms with Crippen molar-refractivity contribution in [1.29, 1.82) is 0 Å². The molecular formula is C29H35FN4O6S. The Balaban J connectivity index is 1.19. The predicted octanol–water partition coefficient (Wildman–Crippen LogP) is 3.34. The number of amides is 2. The molecule has 220 valence electrons. The zero-order valence-electron chi connectivity index (χ0n) is 23.5. The Morgan fingerprint density at radius 3 is 2.49 bits per heavy atom. The van der Waals surface area contributed by atoms with E-state index in [0.717, 1.165) is 34.8 Å². The van der Waals surface area contributed by atoms with Gasteiger partial charge in [-0.25, -0.2) is 18.2 Å². The number of benzene rings is 2. The summed E-state index contributed by atoms with van der Waals surface area (Å²) in [6.07, 6.45) is 2.12. The molecule has 2 saturated heterocycles. The van der Waals surface area contributed by atoms with Gasteiger partial charge in [-0.2, -0.15) is 8.42 Å². The minimum Gasteiger partial charge on any atom is -0.487 e. The maximum absolute atomic E-state index is 16.3. The van der Waals surface area contributed by atoms with E-state index in [1.165, 1.54) is 0 Å². The lowest BCUT2D eigenvalue weighted by Gasteiger charge is -2.61. The molecule has 0 atom stereocenters. The summed E-state index contributed by atoms with van der Waals surface area (Å²) >= 11 is 0. The number of ether oxygens (including phenoxy) is 2. The number of hydrogen-bond acceptors (Lipinski definition) is 7. The Bertz CT molecular complexity index is 1480. The van der Waals surface area contributed by atoms with Gasteiger partial charge in [0.15, 0.2) is 5.82 Å². The second kappa shape index (κ2) is 9.87. The number of carbonyl (C=O) groups excluding carboxylic acids is 2. The van der Waals surface area contributed by atoms with Crippen molar-refractivity contribution in [3.05, 3.63) is 58.9 Å². The molecule has 2 aromatic carbocycles. The monoisotopic (exact) mass is 586 g/mol. The van der Waals surface area contributed by atoms with Crippen LogP contribution in [0, 0.1) is 11.2 Å². The molecule has 4 aliphatic rings. The number of hydrogen-bond donors (Lipinski definition) is 1. The maximum Gasteiger partial charge on any atom is 0.410 e. The number of likely N-dealkylation sites (tertiary alicyclic amines) is 1. The van der Waals surface area contributed by atoms with Gasteiger partial charge in [0.2, 0.25) is 0 Å². The zero-order chi connectivity index (χ0) is 29.2. The van der Waals surface area contributed by atoms with Crippen molar-refractivity contribution >= 4 is 27.9 Å². The van der Waals surface area contributed by atoms with Gasteiger partial charge in [-0.3, -0.25) is 9.69 Å². The van der Waals surface area contributed by atoms with E-state index < -0.39 is 34.1 Å². The molecule has 0 bridgehead atoms. The highest BCUT2D eigenvalue weighted by Crippen LogP contribution is 2.51. The summed E-state index contributed by atoms with van der Waals surface area (Å²) in [5.41, 5.74) is 1.36. The Morgan fingerprint density at radius 2 is 1.85 bits per heavy atom. The Morgan fingerprint density at radius 1 is 1.15 bits per heavy atom. The molecule has 1 aliphatic carbocycles. The standard InChI is InChI=1S/C29H35FN4O6S/c1-28(2,3)40-27(36)33-17-29(18-33)12-21(13-29)32-10-9-20-11-23(39-16-19-7-5-4-6-8-19)26(25(30)22(20)14-32)34-15-24(35)31-41(34,37)38/h4-8,11,21H,9-10,12-18H2,1-3H3,(H,31,35). The lowest BCUT2D eigenvalue weighted by molar-refractivity contribution is -0.117. The van der Waals surface area contributed by atoms with Crippen molar-refractivity contribution in [3.63, 3.8) is 0 Å². The summed E-state index contributed by atoms with van der Waals surface area (Å²) in [5.74, 6) is -1.31. The number of anilines is 1. The van der Waals surface area contributed by atoms with Gasteiger partial charge in [0.05, 0.1) is 0 Å². The van der Waals surface area contributed by atoms with Crippen LogP contribution in [0.25, 0.3) is 0 Å². The smallest absolute Gasteiger partial charge is 0.410 e. The van der Waals surface area contributed by atoms with Gasteiger partial charge in [0.1, 0.15) is 30.2 Å². The zero-order valence-corrected chi connectivity index (χ0v) is 24.3. The SMILES string of the molecule is CC(C)(C)OC(=O)N1CC2(CC(N3CCc4cc(OCc5ccccc5)c(N5CC(=O)NS5(=O)=O)c(F)c4C3)C2)C1. The van der Waals surface area contributed by atoms with Crippen LogP contribution in [-0.2, 0) is 39.3 Å². The largest absolute Gasteiger partial charge is 0.487 e. The quantitative estimate of drug-likeness (QED) is 0.573. The topological polar surface area (TPSA) is 108 Å². The summed E-state index contributed by atoms with van der Waals surface area (Å²) in [5, 5.41) is 0. The Labute approximate surface area is 239 Å². The third-order valence-electron chi connectivity index (χ3n) is 8.29. The molecule has 41 heavy (non-hydrogen) atoms. The van der Waals surface area contributed by atoms with Crippen LogP contribution < -0.4 is 13.8 Å². The van der Waals surface area contributed by atoms with Crippen LogP contribution in [0.2, 0.25) is 0 Å². The minimum atomic E-state index is -4.24. The number of fused-ring (bicyclic) bond motifs is 1. The highest BCUT2D eigenvalue weighted by atomic mass is 32.2. The van der Waals surface area contributed by atoms with Crippen molar-refractivity contribution < 1.29 is 31.9 Å².